The summed E-state index contributed by atoms with van der Waals surface area (Å²) in [7, 11) is 0. The maximum atomic E-state index is 13.6. The molecule has 0 spiro atoms. The number of hydrogen-bond donors (Lipinski definition) is 3. The van der Waals surface area contributed by atoms with Crippen molar-refractivity contribution in [2.45, 2.75) is 6.54 Å². The molecule has 1 amide bonds. The molecular formula is C15H11ClFN3OS. The highest BCUT2D eigenvalue weighted by Crippen LogP contribution is 2.19. The summed E-state index contributed by atoms with van der Waals surface area (Å²) in [6.07, 6.45) is 0. The Balaban J connectivity index is 1.89. The molecule has 0 unspecified atom stereocenters. The van der Waals surface area contributed by atoms with Crippen molar-refractivity contribution in [3.63, 3.8) is 0 Å². The van der Waals surface area contributed by atoms with Gasteiger partial charge in [-0.15, -0.1) is 0 Å². The van der Waals surface area contributed by atoms with Crippen molar-refractivity contribution in [1.82, 2.24) is 15.3 Å². The average molecular weight is 336 g/mol. The van der Waals surface area contributed by atoms with Crippen molar-refractivity contribution in [2.24, 2.45) is 0 Å². The van der Waals surface area contributed by atoms with E-state index < -0.39 is 11.7 Å². The molecule has 1 heterocycles. The minimum absolute atomic E-state index is 0.189. The van der Waals surface area contributed by atoms with E-state index in [0.717, 1.165) is 5.56 Å². The molecule has 0 saturated carbocycles. The number of imidazole rings is 1. The van der Waals surface area contributed by atoms with Crippen molar-refractivity contribution < 1.29 is 9.18 Å². The lowest BCUT2D eigenvalue weighted by Crippen LogP contribution is -2.23. The van der Waals surface area contributed by atoms with Crippen LogP contribution in [0.5, 0.6) is 0 Å². The Morgan fingerprint density at radius 1 is 1.27 bits per heavy atom. The van der Waals surface area contributed by atoms with Crippen molar-refractivity contribution in [1.29, 1.82) is 0 Å². The van der Waals surface area contributed by atoms with Gasteiger partial charge in [0.25, 0.3) is 5.91 Å². The lowest BCUT2D eigenvalue weighted by Gasteiger charge is -2.08. The van der Waals surface area contributed by atoms with E-state index in [-0.39, 0.29) is 12.1 Å². The van der Waals surface area contributed by atoms with E-state index in [0.29, 0.717) is 20.8 Å². The number of aromatic nitrogens is 2. The average Bonchev–Trinajstić information content (AvgIpc) is 2.85. The number of aromatic amines is 2. The molecule has 22 heavy (non-hydrogen) atoms. The second kappa shape index (κ2) is 5.90. The topological polar surface area (TPSA) is 60.7 Å². The van der Waals surface area contributed by atoms with Gasteiger partial charge in [0, 0.05) is 11.6 Å². The lowest BCUT2D eigenvalue weighted by molar-refractivity contribution is 0.0952. The van der Waals surface area contributed by atoms with Crippen LogP contribution in [0.15, 0.2) is 36.4 Å². The van der Waals surface area contributed by atoms with E-state index in [1.807, 2.05) is 18.2 Å². The fourth-order valence-corrected chi connectivity index (χ4v) is 2.61. The second-order valence-corrected chi connectivity index (χ2v) is 5.54. The number of nitrogens with one attached hydrogen (secondary N) is 3. The van der Waals surface area contributed by atoms with Gasteiger partial charge in [-0.1, -0.05) is 29.8 Å². The fraction of sp³-hybridized carbons (Fsp3) is 0.0667. The minimum Gasteiger partial charge on any atom is -0.348 e. The Hall–Kier alpha value is -2.18. The summed E-state index contributed by atoms with van der Waals surface area (Å²) >= 11 is 11.0. The maximum Gasteiger partial charge on any atom is 0.253 e. The third-order valence-electron chi connectivity index (χ3n) is 3.23. The van der Waals surface area contributed by atoms with Crippen LogP contribution in [0.1, 0.15) is 15.9 Å². The summed E-state index contributed by atoms with van der Waals surface area (Å²) in [5, 5.41) is 3.29. The number of carbonyl (C=O) groups excluding carboxylic acids is 1. The van der Waals surface area contributed by atoms with Gasteiger partial charge in [0.2, 0.25) is 0 Å². The summed E-state index contributed by atoms with van der Waals surface area (Å²) in [4.78, 5) is 18.0. The number of halogens is 2. The Labute approximate surface area is 135 Å². The highest BCUT2D eigenvalue weighted by molar-refractivity contribution is 7.71. The standard InChI is InChI=1S/C15H11ClFN3OS/c16-11-4-2-1-3-8(11)7-18-14(21)10-5-9(17)6-12-13(10)20-15(22)19-12/h1-6H,7H2,(H,18,21)(H2,19,20,22). The molecule has 0 saturated heterocycles. The van der Waals surface area contributed by atoms with Crippen LogP contribution in [-0.2, 0) is 6.54 Å². The molecule has 0 bridgehead atoms. The van der Waals surface area contributed by atoms with Crippen molar-refractivity contribution >= 4 is 40.8 Å². The molecule has 0 aliphatic rings. The van der Waals surface area contributed by atoms with Crippen molar-refractivity contribution in [3.8, 4) is 0 Å². The summed E-state index contributed by atoms with van der Waals surface area (Å²) in [6.45, 7) is 0.252. The summed E-state index contributed by atoms with van der Waals surface area (Å²) in [6, 6.07) is 9.65. The first-order chi connectivity index (χ1) is 10.5. The van der Waals surface area contributed by atoms with Crippen LogP contribution >= 0.6 is 23.8 Å². The molecule has 3 N–H and O–H groups in total. The third kappa shape index (κ3) is 2.88. The number of carbonyl (C=O) groups is 1. The zero-order chi connectivity index (χ0) is 15.7. The molecule has 0 atom stereocenters. The van der Waals surface area contributed by atoms with E-state index in [1.54, 1.807) is 6.07 Å². The van der Waals surface area contributed by atoms with E-state index in [2.05, 4.69) is 15.3 Å². The highest BCUT2D eigenvalue weighted by atomic mass is 35.5. The van der Waals surface area contributed by atoms with Gasteiger partial charge in [-0.2, -0.15) is 0 Å². The molecule has 0 radical (unpaired) electrons. The monoisotopic (exact) mass is 335 g/mol. The Morgan fingerprint density at radius 2 is 2.05 bits per heavy atom. The number of amides is 1. The molecule has 112 valence electrons. The van der Waals surface area contributed by atoms with Gasteiger partial charge in [-0.3, -0.25) is 4.79 Å². The molecule has 3 rings (SSSR count). The predicted molar refractivity (Wildman–Crippen MR) is 86.1 cm³/mol. The third-order valence-corrected chi connectivity index (χ3v) is 3.80. The Morgan fingerprint density at radius 3 is 2.82 bits per heavy atom. The highest BCUT2D eigenvalue weighted by Gasteiger charge is 2.14. The van der Waals surface area contributed by atoms with Gasteiger partial charge in [0.15, 0.2) is 4.77 Å². The normalized spacial score (nSPS) is 10.8. The van der Waals surface area contributed by atoms with Gasteiger partial charge < -0.3 is 15.3 Å². The predicted octanol–water partition coefficient (Wildman–Crippen LogP) is 3.95. The van der Waals surface area contributed by atoms with E-state index in [4.69, 9.17) is 23.8 Å². The summed E-state index contributed by atoms with van der Waals surface area (Å²) in [5.74, 6) is -0.921. The molecule has 3 aromatic rings. The minimum atomic E-state index is -0.513. The van der Waals surface area contributed by atoms with Gasteiger partial charge in [-0.25, -0.2) is 4.39 Å². The molecular weight excluding hydrogens is 325 g/mol. The van der Waals surface area contributed by atoms with Crippen LogP contribution in [0.2, 0.25) is 5.02 Å². The second-order valence-electron chi connectivity index (χ2n) is 4.73. The molecule has 1 aromatic heterocycles. The molecule has 0 fully saturated rings. The summed E-state index contributed by atoms with van der Waals surface area (Å²) < 4.78 is 14.0. The van der Waals surface area contributed by atoms with Crippen molar-refractivity contribution in [3.05, 3.63) is 63.1 Å². The fourth-order valence-electron chi connectivity index (χ4n) is 2.20. The maximum absolute atomic E-state index is 13.6. The van der Waals surface area contributed by atoms with Crippen LogP contribution in [-0.4, -0.2) is 15.9 Å². The van der Waals surface area contributed by atoms with E-state index >= 15 is 0 Å². The quantitative estimate of drug-likeness (QED) is 0.635. The number of fused-ring (bicyclic) bond motifs is 1. The Kier molecular flexibility index (Phi) is 3.96. The van der Waals surface area contributed by atoms with Crippen LogP contribution in [0.25, 0.3) is 11.0 Å². The first kappa shape index (κ1) is 14.7. The Bertz CT molecular complexity index is 919. The molecule has 4 nitrogen and oxygen atoms in total. The van der Waals surface area contributed by atoms with Crippen LogP contribution in [0, 0.1) is 10.6 Å². The van der Waals surface area contributed by atoms with Crippen LogP contribution in [0.4, 0.5) is 4.39 Å². The molecule has 0 aliphatic carbocycles. The number of benzene rings is 2. The number of H-pyrrole nitrogens is 2. The molecule has 2 aromatic carbocycles. The number of rotatable bonds is 3. The van der Waals surface area contributed by atoms with Gasteiger partial charge >= 0.3 is 0 Å². The molecule has 0 aliphatic heterocycles. The van der Waals surface area contributed by atoms with Crippen molar-refractivity contribution in [2.75, 3.05) is 0 Å². The smallest absolute Gasteiger partial charge is 0.253 e. The van der Waals surface area contributed by atoms with Gasteiger partial charge in [0.1, 0.15) is 5.82 Å². The van der Waals surface area contributed by atoms with E-state index in [9.17, 15) is 9.18 Å². The lowest BCUT2D eigenvalue weighted by atomic mass is 10.1. The van der Waals surface area contributed by atoms with Crippen LogP contribution < -0.4 is 5.32 Å². The van der Waals surface area contributed by atoms with Gasteiger partial charge in [0.05, 0.1) is 16.6 Å². The molecule has 7 heteroatoms. The van der Waals surface area contributed by atoms with E-state index in [1.165, 1.54) is 12.1 Å². The zero-order valence-corrected chi connectivity index (χ0v) is 12.8. The SMILES string of the molecule is O=C(NCc1ccccc1Cl)c1cc(F)cc2[nH]c(=S)[nH]c12. The number of hydrogen-bond acceptors (Lipinski definition) is 2. The zero-order valence-electron chi connectivity index (χ0n) is 11.2. The van der Waals surface area contributed by atoms with Crippen LogP contribution in [0.3, 0.4) is 0 Å². The first-order valence-corrected chi connectivity index (χ1v) is 7.26. The first-order valence-electron chi connectivity index (χ1n) is 6.48. The largest absolute Gasteiger partial charge is 0.348 e. The van der Waals surface area contributed by atoms with Gasteiger partial charge in [-0.05, 0) is 36.0 Å². The summed E-state index contributed by atoms with van der Waals surface area (Å²) in [5.41, 5.74) is 1.90.